The first-order valence-corrected chi connectivity index (χ1v) is 8.73. The van der Waals surface area contributed by atoms with E-state index in [0.717, 1.165) is 6.07 Å². The van der Waals surface area contributed by atoms with E-state index in [1.807, 2.05) is 6.26 Å². The normalized spacial score (nSPS) is 12.7. The van der Waals surface area contributed by atoms with Crippen molar-refractivity contribution in [3.05, 3.63) is 39.9 Å². The van der Waals surface area contributed by atoms with Crippen LogP contribution in [0.3, 0.4) is 0 Å². The van der Waals surface area contributed by atoms with Gasteiger partial charge in [-0.3, -0.25) is 24.5 Å². The zero-order valence-corrected chi connectivity index (χ0v) is 14.5. The number of aliphatic carboxylic acids is 1. The van der Waals surface area contributed by atoms with Crippen molar-refractivity contribution < 1.29 is 24.4 Å². The molecule has 1 unspecified atom stereocenters. The van der Waals surface area contributed by atoms with Gasteiger partial charge in [-0.2, -0.15) is 11.8 Å². The average molecular weight is 369 g/mol. The van der Waals surface area contributed by atoms with Crippen molar-refractivity contribution in [2.24, 2.45) is 0 Å². The van der Waals surface area contributed by atoms with Crippen LogP contribution in [0.2, 0.25) is 0 Å². The van der Waals surface area contributed by atoms with Crippen molar-refractivity contribution in [3.63, 3.8) is 0 Å². The Labute approximate surface area is 148 Å². The maximum Gasteiger partial charge on any atom is 0.325 e. The smallest absolute Gasteiger partial charge is 0.325 e. The van der Waals surface area contributed by atoms with Crippen molar-refractivity contribution in [2.45, 2.75) is 25.4 Å². The van der Waals surface area contributed by atoms with Gasteiger partial charge in [-0.15, -0.1) is 0 Å². The number of carboxylic acids is 1. The Morgan fingerprint density at radius 2 is 2.00 bits per heavy atom. The van der Waals surface area contributed by atoms with Crippen LogP contribution < -0.4 is 10.6 Å². The molecule has 3 N–H and O–H groups in total. The van der Waals surface area contributed by atoms with Crippen molar-refractivity contribution in [1.82, 2.24) is 10.6 Å². The summed E-state index contributed by atoms with van der Waals surface area (Å²) in [6.45, 7) is 1.31. The lowest BCUT2D eigenvalue weighted by molar-refractivity contribution is -0.384. The number of hydrogen-bond donors (Lipinski definition) is 3. The summed E-state index contributed by atoms with van der Waals surface area (Å²) < 4.78 is 0. The zero-order valence-electron chi connectivity index (χ0n) is 13.7. The van der Waals surface area contributed by atoms with Crippen LogP contribution >= 0.6 is 11.8 Å². The molecule has 0 aliphatic carbocycles. The Kier molecular flexibility index (Phi) is 7.86. The van der Waals surface area contributed by atoms with E-state index in [2.05, 4.69) is 10.6 Å². The van der Waals surface area contributed by atoms with Gasteiger partial charge in [0.25, 0.3) is 11.6 Å². The number of amides is 2. The molecule has 0 fully saturated rings. The summed E-state index contributed by atoms with van der Waals surface area (Å²) in [5, 5.41) is 24.4. The van der Waals surface area contributed by atoms with Crippen LogP contribution in [0.25, 0.3) is 0 Å². The standard InChI is InChI=1S/C15H19N3O6S/c1-9(15(21)22)16-14(20)12(6-7-25-2)17-13(19)10-4-3-5-11(8-10)18(23)24/h3-5,8-9,12H,6-7H2,1-2H3,(H,16,20)(H,17,19)(H,21,22)/t9-,12?/m0/s1. The average Bonchev–Trinajstić information content (AvgIpc) is 2.58. The molecule has 0 spiro atoms. The van der Waals surface area contributed by atoms with E-state index >= 15 is 0 Å². The van der Waals surface area contributed by atoms with Gasteiger partial charge in [0.2, 0.25) is 5.91 Å². The predicted octanol–water partition coefficient (Wildman–Crippen LogP) is 1.04. The van der Waals surface area contributed by atoms with Crippen LogP contribution in [0.1, 0.15) is 23.7 Å². The van der Waals surface area contributed by atoms with E-state index in [-0.39, 0.29) is 11.3 Å². The van der Waals surface area contributed by atoms with E-state index in [1.165, 1.54) is 36.9 Å². The number of carbonyl (C=O) groups is 3. The third-order valence-electron chi connectivity index (χ3n) is 3.28. The van der Waals surface area contributed by atoms with Crippen LogP contribution in [0.4, 0.5) is 5.69 Å². The Hall–Kier alpha value is -2.62. The fourth-order valence-corrected chi connectivity index (χ4v) is 2.35. The molecule has 10 heteroatoms. The van der Waals surface area contributed by atoms with Gasteiger partial charge in [0.15, 0.2) is 0 Å². The lowest BCUT2D eigenvalue weighted by Crippen LogP contribution is -2.51. The van der Waals surface area contributed by atoms with Gasteiger partial charge in [-0.25, -0.2) is 0 Å². The number of benzene rings is 1. The second-order valence-corrected chi connectivity index (χ2v) is 6.17. The second-order valence-electron chi connectivity index (χ2n) is 5.18. The number of nitrogens with zero attached hydrogens (tertiary/aromatic N) is 1. The fraction of sp³-hybridized carbons (Fsp3) is 0.400. The summed E-state index contributed by atoms with van der Waals surface area (Å²) >= 11 is 1.46. The highest BCUT2D eigenvalue weighted by molar-refractivity contribution is 7.98. The molecule has 0 aliphatic heterocycles. The molecule has 25 heavy (non-hydrogen) atoms. The summed E-state index contributed by atoms with van der Waals surface area (Å²) in [7, 11) is 0. The summed E-state index contributed by atoms with van der Waals surface area (Å²) in [6, 6.07) is 3.09. The van der Waals surface area contributed by atoms with E-state index in [9.17, 15) is 24.5 Å². The molecule has 1 aromatic carbocycles. The minimum atomic E-state index is -1.19. The first-order valence-electron chi connectivity index (χ1n) is 7.33. The lowest BCUT2D eigenvalue weighted by Gasteiger charge is -2.19. The highest BCUT2D eigenvalue weighted by Gasteiger charge is 2.24. The fourth-order valence-electron chi connectivity index (χ4n) is 1.88. The Morgan fingerprint density at radius 1 is 1.32 bits per heavy atom. The molecule has 1 aromatic rings. The molecule has 1 rings (SSSR count). The van der Waals surface area contributed by atoms with E-state index < -0.39 is 34.8 Å². The molecule has 0 bridgehead atoms. The third kappa shape index (κ3) is 6.42. The van der Waals surface area contributed by atoms with Crippen molar-refractivity contribution in [2.75, 3.05) is 12.0 Å². The quantitative estimate of drug-likeness (QED) is 0.436. The summed E-state index contributed by atoms with van der Waals surface area (Å²) in [4.78, 5) is 45.5. The van der Waals surface area contributed by atoms with Crippen LogP contribution in [0.15, 0.2) is 24.3 Å². The number of carboxylic acid groups (broad SMARTS) is 1. The lowest BCUT2D eigenvalue weighted by atomic mass is 10.1. The van der Waals surface area contributed by atoms with Crippen LogP contribution in [0, 0.1) is 10.1 Å². The van der Waals surface area contributed by atoms with Gasteiger partial charge >= 0.3 is 5.97 Å². The summed E-state index contributed by atoms with van der Waals surface area (Å²) in [5.74, 6) is -1.90. The molecule has 0 aliphatic rings. The van der Waals surface area contributed by atoms with Crippen molar-refractivity contribution >= 4 is 35.2 Å². The van der Waals surface area contributed by atoms with Gasteiger partial charge in [0.1, 0.15) is 12.1 Å². The number of nitrogens with one attached hydrogen (secondary N) is 2. The topological polar surface area (TPSA) is 139 Å². The molecule has 0 aromatic heterocycles. The Morgan fingerprint density at radius 3 is 2.56 bits per heavy atom. The number of rotatable bonds is 9. The van der Waals surface area contributed by atoms with Gasteiger partial charge < -0.3 is 15.7 Å². The number of thioether (sulfide) groups is 1. The maximum atomic E-state index is 12.3. The van der Waals surface area contributed by atoms with Gasteiger partial charge in [-0.1, -0.05) is 6.07 Å². The molecule has 0 radical (unpaired) electrons. The second kappa shape index (κ2) is 9.62. The van der Waals surface area contributed by atoms with Crippen LogP contribution in [0.5, 0.6) is 0 Å². The molecule has 0 saturated heterocycles. The molecule has 0 heterocycles. The van der Waals surface area contributed by atoms with E-state index in [4.69, 9.17) is 5.11 Å². The Bertz CT molecular complexity index is 666. The number of nitro groups is 1. The van der Waals surface area contributed by atoms with Crippen molar-refractivity contribution in [3.8, 4) is 0 Å². The van der Waals surface area contributed by atoms with E-state index in [1.54, 1.807) is 0 Å². The summed E-state index contributed by atoms with van der Waals surface area (Å²) in [6.07, 6.45) is 2.12. The zero-order chi connectivity index (χ0) is 19.0. The molecule has 9 nitrogen and oxygen atoms in total. The van der Waals surface area contributed by atoms with Gasteiger partial charge in [-0.05, 0) is 31.4 Å². The Balaban J connectivity index is 2.88. The molecular formula is C15H19N3O6S. The molecule has 2 atom stereocenters. The highest BCUT2D eigenvalue weighted by Crippen LogP contribution is 2.13. The van der Waals surface area contributed by atoms with Crippen LogP contribution in [-0.2, 0) is 9.59 Å². The third-order valence-corrected chi connectivity index (χ3v) is 3.92. The molecular weight excluding hydrogens is 350 g/mol. The van der Waals surface area contributed by atoms with Crippen molar-refractivity contribution in [1.29, 1.82) is 0 Å². The van der Waals surface area contributed by atoms with Gasteiger partial charge in [0.05, 0.1) is 4.92 Å². The number of carbonyl (C=O) groups excluding carboxylic acids is 2. The maximum absolute atomic E-state index is 12.3. The molecule has 2 amide bonds. The number of nitro benzene ring substituents is 1. The van der Waals surface area contributed by atoms with Crippen LogP contribution in [-0.4, -0.2) is 51.9 Å². The largest absolute Gasteiger partial charge is 0.480 e. The minimum Gasteiger partial charge on any atom is -0.480 e. The minimum absolute atomic E-state index is 0.0439. The number of hydrogen-bond acceptors (Lipinski definition) is 6. The van der Waals surface area contributed by atoms with E-state index in [0.29, 0.717) is 12.2 Å². The number of non-ortho nitro benzene ring substituents is 1. The van der Waals surface area contributed by atoms with Gasteiger partial charge in [0, 0.05) is 17.7 Å². The first-order chi connectivity index (χ1) is 11.8. The monoisotopic (exact) mass is 369 g/mol. The highest BCUT2D eigenvalue weighted by atomic mass is 32.2. The molecule has 136 valence electrons. The molecule has 0 saturated carbocycles. The predicted molar refractivity (Wildman–Crippen MR) is 92.6 cm³/mol. The first kappa shape index (κ1) is 20.4. The summed E-state index contributed by atoms with van der Waals surface area (Å²) in [5.41, 5.74) is -0.195. The SMILES string of the molecule is CSCCC(NC(=O)c1cccc([N+](=O)[O-])c1)C(=O)N[C@@H](C)C(=O)O.